The van der Waals surface area contributed by atoms with E-state index in [0.717, 1.165) is 0 Å². The Morgan fingerprint density at radius 1 is 1.03 bits per heavy atom. The van der Waals surface area contributed by atoms with Crippen molar-refractivity contribution in [2.75, 3.05) is 13.2 Å². The van der Waals surface area contributed by atoms with E-state index in [9.17, 15) is 30.0 Å². The molecule has 0 amide bonds. The Morgan fingerprint density at radius 2 is 1.66 bits per heavy atom. The van der Waals surface area contributed by atoms with Gasteiger partial charge in [0.05, 0.1) is 6.61 Å². The summed E-state index contributed by atoms with van der Waals surface area (Å²) in [7, 11) is -11.6. The predicted octanol–water partition coefficient (Wildman–Crippen LogP) is 0.0851. The predicted molar refractivity (Wildman–Crippen MR) is 85.5 cm³/mol. The van der Waals surface area contributed by atoms with Crippen LogP contribution in [0.3, 0.4) is 0 Å². The van der Waals surface area contributed by atoms with Crippen LogP contribution in [0.1, 0.15) is 27.7 Å². The van der Waals surface area contributed by atoms with Crippen molar-refractivity contribution < 1.29 is 57.9 Å². The molecule has 3 heterocycles. The van der Waals surface area contributed by atoms with E-state index >= 15 is 0 Å². The molecule has 0 aromatic heterocycles. The quantitative estimate of drug-likeness (QED) is 0.587. The Hall–Kier alpha value is -0.590. The first-order chi connectivity index (χ1) is 12.9. The van der Waals surface area contributed by atoms with Gasteiger partial charge in [-0.05, 0) is 27.7 Å². The Labute approximate surface area is 165 Å². The van der Waals surface area contributed by atoms with Crippen LogP contribution in [0.15, 0.2) is 0 Å². The van der Waals surface area contributed by atoms with Crippen LogP contribution < -0.4 is 4.13 Å². The van der Waals surface area contributed by atoms with Crippen molar-refractivity contribution in [3.63, 3.8) is 0 Å². The second-order valence-corrected chi connectivity index (χ2v) is 10.8. The Kier molecular flexibility index (Phi) is 5.33. The number of halogens is 3. The highest BCUT2D eigenvalue weighted by Crippen LogP contribution is 2.47. The van der Waals surface area contributed by atoms with Gasteiger partial charge in [0, 0.05) is 0 Å². The van der Waals surface area contributed by atoms with E-state index in [0.29, 0.717) is 4.13 Å². The number of alkyl halides is 3. The zero-order valence-corrected chi connectivity index (χ0v) is 17.3. The minimum atomic E-state index is -6.21. The van der Waals surface area contributed by atoms with Gasteiger partial charge in [-0.3, -0.25) is 4.18 Å². The van der Waals surface area contributed by atoms with E-state index in [-0.39, 0.29) is 6.61 Å². The van der Waals surface area contributed by atoms with Crippen molar-refractivity contribution in [3.05, 3.63) is 0 Å². The molecular weight excluding hydrogens is 451 g/mol. The number of hydrogen-bond donors (Lipinski definition) is 1. The molecule has 1 unspecified atom stereocenters. The Bertz CT molecular complexity index is 872. The van der Waals surface area contributed by atoms with Crippen molar-refractivity contribution in [3.8, 4) is 0 Å². The highest BCUT2D eigenvalue weighted by Gasteiger charge is 2.66. The first-order valence-electron chi connectivity index (χ1n) is 8.24. The number of rotatable bonds is 5. The Balaban J connectivity index is 1.80. The summed E-state index contributed by atoms with van der Waals surface area (Å²) < 4.78 is 116. The van der Waals surface area contributed by atoms with Gasteiger partial charge in [-0.2, -0.15) is 21.6 Å². The van der Waals surface area contributed by atoms with E-state index in [1.807, 2.05) is 0 Å². The normalized spacial score (nSPS) is 36.6. The molecule has 1 N–H and O–H groups in total. The van der Waals surface area contributed by atoms with Gasteiger partial charge in [0.15, 0.2) is 11.6 Å². The minimum absolute atomic E-state index is 0.123. The van der Waals surface area contributed by atoms with Crippen LogP contribution in [0.4, 0.5) is 13.2 Å². The lowest BCUT2D eigenvalue weighted by Gasteiger charge is -2.40. The van der Waals surface area contributed by atoms with Crippen molar-refractivity contribution in [1.82, 2.24) is 4.13 Å². The van der Waals surface area contributed by atoms with Gasteiger partial charge in [0.2, 0.25) is 5.79 Å². The summed E-state index contributed by atoms with van der Waals surface area (Å²) in [5.41, 5.74) is -5.85. The number of fused-ring (bicyclic) bond motifs is 3. The van der Waals surface area contributed by atoms with E-state index in [2.05, 4.69) is 4.18 Å². The molecule has 16 heteroatoms. The van der Waals surface area contributed by atoms with Crippen LogP contribution in [0.5, 0.6) is 0 Å². The topological polar surface area (TPSA) is 136 Å². The fourth-order valence-electron chi connectivity index (χ4n) is 3.31. The van der Waals surface area contributed by atoms with Crippen LogP contribution in [0.25, 0.3) is 0 Å². The lowest BCUT2D eigenvalue weighted by atomic mass is 9.98. The average Bonchev–Trinajstić information content (AvgIpc) is 2.95. The average molecular weight is 471 g/mol. The second-order valence-electron chi connectivity index (χ2n) is 7.55. The summed E-state index contributed by atoms with van der Waals surface area (Å²) in [6.07, 6.45) is -2.42. The van der Waals surface area contributed by atoms with Crippen molar-refractivity contribution >= 4 is 20.3 Å². The zero-order valence-electron chi connectivity index (χ0n) is 15.7. The van der Waals surface area contributed by atoms with Crippen molar-refractivity contribution in [1.29, 1.82) is 0 Å². The van der Waals surface area contributed by atoms with E-state index in [1.165, 1.54) is 13.8 Å². The molecule has 0 bridgehead atoms. The highest BCUT2D eigenvalue weighted by molar-refractivity contribution is 8.03. The van der Waals surface area contributed by atoms with Crippen LogP contribution >= 0.6 is 0 Å². The van der Waals surface area contributed by atoms with Gasteiger partial charge in [-0.25, -0.2) is 8.42 Å². The van der Waals surface area contributed by atoms with E-state index in [4.69, 9.17) is 23.7 Å². The SMILES string of the molecule is CC1(C)O[C@@H]2CO[C@@]3(COS(=O)(=O)NS(=O)(=O)C(F)(F)F)OC(C)(C)OC3[C@@H]2O1. The highest BCUT2D eigenvalue weighted by atomic mass is 32.3. The van der Waals surface area contributed by atoms with Crippen molar-refractivity contribution in [2.45, 2.75) is 68.9 Å². The molecule has 3 aliphatic heterocycles. The number of ether oxygens (including phenoxy) is 5. The summed E-state index contributed by atoms with van der Waals surface area (Å²) in [4.78, 5) is 0. The maximum Gasteiger partial charge on any atom is 0.512 e. The number of sulfonamides is 1. The molecule has 3 aliphatic rings. The third-order valence-electron chi connectivity index (χ3n) is 4.21. The van der Waals surface area contributed by atoms with Gasteiger partial charge < -0.3 is 23.7 Å². The van der Waals surface area contributed by atoms with Crippen LogP contribution in [0.2, 0.25) is 0 Å². The molecule has 3 fully saturated rings. The molecule has 0 aromatic rings. The lowest BCUT2D eigenvalue weighted by Crippen LogP contribution is -2.61. The standard InChI is InChI=1S/C13H20F3NO10S2/c1-10(2)24-7-5-22-12(9(8(7)25-10)26-11(3,4)27-12)6-23-29(20,21)17-28(18,19)13(14,15)16/h7-9,17H,5-6H2,1-4H3/t7-,8-,9?,12+/m1/s1. The molecule has 11 nitrogen and oxygen atoms in total. The molecule has 0 radical (unpaired) electrons. The molecule has 170 valence electrons. The summed E-state index contributed by atoms with van der Waals surface area (Å²) in [6.45, 7) is 5.14. The molecule has 3 rings (SSSR count). The largest absolute Gasteiger partial charge is 0.512 e. The maximum absolute atomic E-state index is 12.4. The molecule has 29 heavy (non-hydrogen) atoms. The van der Waals surface area contributed by atoms with Gasteiger partial charge in [0.25, 0.3) is 0 Å². The van der Waals surface area contributed by atoms with Crippen molar-refractivity contribution in [2.24, 2.45) is 0 Å². The Morgan fingerprint density at radius 3 is 2.24 bits per heavy atom. The lowest BCUT2D eigenvalue weighted by molar-refractivity contribution is -0.290. The monoisotopic (exact) mass is 471 g/mol. The first kappa shape index (κ1) is 23.1. The van der Waals surface area contributed by atoms with Gasteiger partial charge in [0.1, 0.15) is 24.9 Å². The second kappa shape index (κ2) is 6.70. The molecular formula is C13H20F3NO10S2. The fraction of sp³-hybridized carbons (Fsp3) is 1.00. The maximum atomic E-state index is 12.4. The van der Waals surface area contributed by atoms with Gasteiger partial charge >= 0.3 is 25.8 Å². The smallest absolute Gasteiger partial charge is 0.343 e. The summed E-state index contributed by atoms with van der Waals surface area (Å²) in [6, 6.07) is 0. The summed E-state index contributed by atoms with van der Waals surface area (Å²) >= 11 is 0. The zero-order chi connectivity index (χ0) is 22.1. The van der Waals surface area contributed by atoms with Gasteiger partial charge in [-0.15, -0.1) is 0 Å². The molecule has 4 atom stereocenters. The number of nitrogens with one attached hydrogen (secondary N) is 1. The molecule has 3 saturated heterocycles. The molecule has 0 aliphatic carbocycles. The molecule has 0 aromatic carbocycles. The first-order valence-corrected chi connectivity index (χ1v) is 11.1. The van der Waals surface area contributed by atoms with Crippen LogP contribution in [-0.4, -0.2) is 71.2 Å². The van der Waals surface area contributed by atoms with E-state index in [1.54, 1.807) is 13.8 Å². The minimum Gasteiger partial charge on any atom is -0.343 e. The third-order valence-corrected chi connectivity index (χ3v) is 6.94. The summed E-state index contributed by atoms with van der Waals surface area (Å²) in [5.74, 6) is -4.19. The van der Waals surface area contributed by atoms with Gasteiger partial charge in [-0.1, -0.05) is 4.13 Å². The molecule has 0 spiro atoms. The number of hydrogen-bond acceptors (Lipinski definition) is 10. The summed E-state index contributed by atoms with van der Waals surface area (Å²) in [5, 5.41) is 0. The van der Waals surface area contributed by atoms with Crippen LogP contribution in [0, 0.1) is 0 Å². The third kappa shape index (κ3) is 4.54. The van der Waals surface area contributed by atoms with Crippen LogP contribution in [-0.2, 0) is 48.2 Å². The van der Waals surface area contributed by atoms with E-state index < -0.39 is 68.1 Å². The molecule has 0 saturated carbocycles. The fourth-order valence-corrected chi connectivity index (χ4v) is 5.28.